The summed E-state index contributed by atoms with van der Waals surface area (Å²) in [5.74, 6) is 1.91. The highest BCUT2D eigenvalue weighted by atomic mass is 19.1. The van der Waals surface area contributed by atoms with E-state index in [0.717, 1.165) is 17.1 Å². The van der Waals surface area contributed by atoms with Crippen molar-refractivity contribution in [1.82, 2.24) is 4.90 Å². The van der Waals surface area contributed by atoms with E-state index in [-0.39, 0.29) is 12.4 Å². The van der Waals surface area contributed by atoms with Gasteiger partial charge in [-0.2, -0.15) is 0 Å². The molecule has 0 fully saturated rings. The third-order valence-corrected chi connectivity index (χ3v) is 4.89. The maximum absolute atomic E-state index is 14.2. The molecule has 0 aliphatic rings. The highest BCUT2D eigenvalue weighted by molar-refractivity contribution is 5.31. The minimum Gasteiger partial charge on any atom is -0.497 e. The second-order valence-corrected chi connectivity index (χ2v) is 7.25. The van der Waals surface area contributed by atoms with Crippen molar-refractivity contribution in [3.8, 4) is 17.2 Å². The summed E-state index contributed by atoms with van der Waals surface area (Å²) in [7, 11) is 3.23. The van der Waals surface area contributed by atoms with Crippen molar-refractivity contribution in [1.29, 1.82) is 0 Å². The van der Waals surface area contributed by atoms with E-state index in [1.54, 1.807) is 50.6 Å². The predicted octanol–water partition coefficient (Wildman–Crippen LogP) is 4.29. The molecule has 0 saturated heterocycles. The monoisotopic (exact) mass is 425 g/mol. The highest BCUT2D eigenvalue weighted by Crippen LogP contribution is 2.19. The Labute approximate surface area is 182 Å². The molecule has 0 aliphatic heterocycles. The van der Waals surface area contributed by atoms with Crippen LogP contribution in [-0.4, -0.2) is 43.5 Å². The summed E-state index contributed by atoms with van der Waals surface area (Å²) in [5, 5.41) is 10.6. The van der Waals surface area contributed by atoms with Gasteiger partial charge in [-0.3, -0.25) is 4.90 Å². The first kappa shape index (κ1) is 22.6. The van der Waals surface area contributed by atoms with Gasteiger partial charge in [0.15, 0.2) is 0 Å². The van der Waals surface area contributed by atoms with Crippen LogP contribution >= 0.6 is 0 Å². The van der Waals surface area contributed by atoms with Crippen LogP contribution in [0.3, 0.4) is 0 Å². The maximum Gasteiger partial charge on any atom is 0.127 e. The van der Waals surface area contributed by atoms with Crippen molar-refractivity contribution >= 4 is 0 Å². The van der Waals surface area contributed by atoms with Crippen LogP contribution in [0.2, 0.25) is 0 Å². The fourth-order valence-corrected chi connectivity index (χ4v) is 3.26. The molecule has 5 nitrogen and oxygen atoms in total. The van der Waals surface area contributed by atoms with Gasteiger partial charge >= 0.3 is 0 Å². The molecule has 0 heterocycles. The minimum atomic E-state index is -0.743. The molecule has 0 aliphatic carbocycles. The van der Waals surface area contributed by atoms with E-state index in [1.807, 2.05) is 35.2 Å². The number of rotatable bonds is 11. The first-order chi connectivity index (χ1) is 15.1. The maximum atomic E-state index is 14.2. The molecule has 0 spiro atoms. The van der Waals surface area contributed by atoms with Crippen LogP contribution in [-0.2, 0) is 13.1 Å². The number of halogens is 1. The fourth-order valence-electron chi connectivity index (χ4n) is 3.26. The quantitative estimate of drug-likeness (QED) is 0.497. The molecule has 1 atom stereocenters. The lowest BCUT2D eigenvalue weighted by Crippen LogP contribution is -2.35. The number of aliphatic hydroxyl groups is 1. The van der Waals surface area contributed by atoms with Gasteiger partial charge in [0.2, 0.25) is 0 Å². The van der Waals surface area contributed by atoms with Crippen LogP contribution in [0.5, 0.6) is 17.2 Å². The Kier molecular flexibility index (Phi) is 8.27. The van der Waals surface area contributed by atoms with E-state index in [9.17, 15) is 9.50 Å². The fraction of sp³-hybridized carbons (Fsp3) is 0.280. The molecule has 0 radical (unpaired) electrons. The summed E-state index contributed by atoms with van der Waals surface area (Å²) >= 11 is 0. The Morgan fingerprint density at radius 2 is 1.39 bits per heavy atom. The van der Waals surface area contributed by atoms with E-state index in [2.05, 4.69) is 0 Å². The molecule has 0 bridgehead atoms. The summed E-state index contributed by atoms with van der Waals surface area (Å²) in [6.45, 7) is 1.38. The van der Waals surface area contributed by atoms with Crippen molar-refractivity contribution in [2.45, 2.75) is 19.2 Å². The topological polar surface area (TPSA) is 51.2 Å². The van der Waals surface area contributed by atoms with Gasteiger partial charge in [-0.15, -0.1) is 0 Å². The number of nitrogens with zero attached hydrogens (tertiary/aromatic N) is 1. The first-order valence-corrected chi connectivity index (χ1v) is 10.1. The number of methoxy groups -OCH3 is 2. The second-order valence-electron chi connectivity index (χ2n) is 7.25. The molecular formula is C25H28FNO4. The number of aliphatic hydroxyl groups excluding tert-OH is 1. The summed E-state index contributed by atoms with van der Waals surface area (Å²) in [4.78, 5) is 2.00. The average Bonchev–Trinajstić information content (AvgIpc) is 2.80. The van der Waals surface area contributed by atoms with Gasteiger partial charge in [-0.05, 0) is 48.0 Å². The Balaban J connectivity index is 1.64. The normalized spacial score (nSPS) is 11.9. The van der Waals surface area contributed by atoms with Gasteiger partial charge in [0.05, 0.1) is 14.2 Å². The summed E-state index contributed by atoms with van der Waals surface area (Å²) in [6.07, 6.45) is -0.743. The van der Waals surface area contributed by atoms with Crippen LogP contribution in [0, 0.1) is 5.82 Å². The molecule has 3 aromatic carbocycles. The Morgan fingerprint density at radius 3 is 2.00 bits per heavy atom. The molecule has 0 aromatic heterocycles. The first-order valence-electron chi connectivity index (χ1n) is 10.1. The molecule has 164 valence electrons. The van der Waals surface area contributed by atoms with Gasteiger partial charge < -0.3 is 19.3 Å². The third kappa shape index (κ3) is 6.98. The van der Waals surface area contributed by atoms with E-state index >= 15 is 0 Å². The number of hydrogen-bond donors (Lipinski definition) is 1. The van der Waals surface area contributed by atoms with Crippen molar-refractivity contribution in [2.24, 2.45) is 0 Å². The van der Waals surface area contributed by atoms with Crippen LogP contribution in [0.1, 0.15) is 11.1 Å². The lowest BCUT2D eigenvalue weighted by atomic mass is 10.1. The lowest BCUT2D eigenvalue weighted by Gasteiger charge is -2.25. The standard InChI is InChI=1S/C25H28FNO4/c1-29-22-9-7-19(8-10-22)15-27(16-20-5-3-4-6-25(20)26)17-21(28)18-31-24-13-11-23(30-2)12-14-24/h3-14,21,28H,15-18H2,1-2H3. The second kappa shape index (κ2) is 11.3. The van der Waals surface area contributed by atoms with Crippen LogP contribution in [0.4, 0.5) is 4.39 Å². The zero-order valence-corrected chi connectivity index (χ0v) is 17.8. The number of benzene rings is 3. The molecule has 1 unspecified atom stereocenters. The van der Waals surface area contributed by atoms with E-state index < -0.39 is 6.10 Å². The van der Waals surface area contributed by atoms with Crippen molar-refractivity contribution in [3.63, 3.8) is 0 Å². The summed E-state index contributed by atoms with van der Waals surface area (Å²) in [5.41, 5.74) is 1.62. The Hall–Kier alpha value is -3.09. The predicted molar refractivity (Wildman–Crippen MR) is 118 cm³/mol. The molecule has 31 heavy (non-hydrogen) atoms. The van der Waals surface area contributed by atoms with E-state index in [0.29, 0.717) is 30.9 Å². The van der Waals surface area contributed by atoms with Gasteiger partial charge in [-0.1, -0.05) is 30.3 Å². The van der Waals surface area contributed by atoms with E-state index in [1.165, 1.54) is 6.07 Å². The molecular weight excluding hydrogens is 397 g/mol. The summed E-state index contributed by atoms with van der Waals surface area (Å²) in [6, 6.07) is 21.6. The summed E-state index contributed by atoms with van der Waals surface area (Å²) < 4.78 is 30.3. The molecule has 6 heteroatoms. The molecule has 1 N–H and O–H groups in total. The van der Waals surface area contributed by atoms with Crippen molar-refractivity contribution < 1.29 is 23.7 Å². The van der Waals surface area contributed by atoms with Crippen LogP contribution in [0.25, 0.3) is 0 Å². The van der Waals surface area contributed by atoms with Gasteiger partial charge in [0, 0.05) is 25.2 Å². The Morgan fingerprint density at radius 1 is 0.806 bits per heavy atom. The molecule has 3 aromatic rings. The van der Waals surface area contributed by atoms with Crippen molar-refractivity contribution in [2.75, 3.05) is 27.4 Å². The van der Waals surface area contributed by atoms with E-state index in [4.69, 9.17) is 14.2 Å². The number of ether oxygens (including phenoxy) is 3. The van der Waals surface area contributed by atoms with Gasteiger partial charge in [0.25, 0.3) is 0 Å². The van der Waals surface area contributed by atoms with Gasteiger partial charge in [0.1, 0.15) is 35.8 Å². The van der Waals surface area contributed by atoms with Crippen LogP contribution < -0.4 is 14.2 Å². The third-order valence-electron chi connectivity index (χ3n) is 4.89. The van der Waals surface area contributed by atoms with Crippen LogP contribution in [0.15, 0.2) is 72.8 Å². The molecule has 3 rings (SSSR count). The minimum absolute atomic E-state index is 0.128. The smallest absolute Gasteiger partial charge is 0.127 e. The number of hydrogen-bond acceptors (Lipinski definition) is 5. The zero-order valence-electron chi connectivity index (χ0n) is 17.8. The molecule has 0 amide bonds. The lowest BCUT2D eigenvalue weighted by molar-refractivity contribution is 0.0624. The Bertz CT molecular complexity index is 931. The van der Waals surface area contributed by atoms with Gasteiger partial charge in [-0.25, -0.2) is 4.39 Å². The largest absolute Gasteiger partial charge is 0.497 e. The average molecular weight is 426 g/mol. The highest BCUT2D eigenvalue weighted by Gasteiger charge is 2.16. The molecule has 0 saturated carbocycles. The van der Waals surface area contributed by atoms with Crippen molar-refractivity contribution in [3.05, 3.63) is 89.7 Å². The zero-order chi connectivity index (χ0) is 22.1. The SMILES string of the molecule is COc1ccc(CN(Cc2ccccc2F)CC(O)COc2ccc(OC)cc2)cc1.